The van der Waals surface area contributed by atoms with Crippen LogP contribution in [0.3, 0.4) is 0 Å². The minimum Gasteiger partial charge on any atom is -0.489 e. The van der Waals surface area contributed by atoms with E-state index in [1.54, 1.807) is 25.3 Å². The van der Waals surface area contributed by atoms with E-state index in [-0.39, 0.29) is 5.91 Å². The molecule has 0 saturated heterocycles. The van der Waals surface area contributed by atoms with Crippen LogP contribution < -0.4 is 14.9 Å². The molecule has 0 radical (unpaired) electrons. The predicted octanol–water partition coefficient (Wildman–Crippen LogP) is 6.49. The first-order chi connectivity index (χ1) is 17.7. The molecule has 0 fully saturated rings. The summed E-state index contributed by atoms with van der Waals surface area (Å²) in [4.78, 5) is 12.6. The van der Waals surface area contributed by atoms with Crippen LogP contribution in [0.15, 0.2) is 114 Å². The van der Waals surface area contributed by atoms with Gasteiger partial charge in [-0.3, -0.25) is 4.79 Å². The lowest BCUT2D eigenvalue weighted by Crippen LogP contribution is -2.33. The Hall–Kier alpha value is -4.64. The van der Waals surface area contributed by atoms with Crippen LogP contribution in [-0.2, 0) is 11.4 Å². The number of rotatable bonds is 8. The molecule has 5 heteroatoms. The van der Waals surface area contributed by atoms with Crippen molar-refractivity contribution in [3.63, 3.8) is 0 Å². The smallest absolute Gasteiger partial charge is 0.280 e. The van der Waals surface area contributed by atoms with Crippen molar-refractivity contribution in [1.82, 2.24) is 5.43 Å². The van der Waals surface area contributed by atoms with E-state index in [9.17, 15) is 4.79 Å². The van der Waals surface area contributed by atoms with Crippen molar-refractivity contribution in [2.45, 2.75) is 19.6 Å². The molecule has 1 amide bonds. The lowest BCUT2D eigenvalue weighted by Gasteiger charge is -2.14. The van der Waals surface area contributed by atoms with E-state index in [1.807, 2.05) is 66.7 Å². The van der Waals surface area contributed by atoms with E-state index in [0.717, 1.165) is 38.4 Å². The number of hydrogen-bond acceptors (Lipinski definition) is 4. The fourth-order valence-corrected chi connectivity index (χ4v) is 4.05. The van der Waals surface area contributed by atoms with Gasteiger partial charge in [0.2, 0.25) is 0 Å². The molecule has 0 bridgehead atoms. The number of nitrogens with one attached hydrogen (secondary N) is 1. The van der Waals surface area contributed by atoms with Crippen LogP contribution in [-0.4, -0.2) is 18.2 Å². The van der Waals surface area contributed by atoms with Gasteiger partial charge in [0, 0.05) is 5.56 Å². The average molecular weight is 475 g/mol. The summed E-state index contributed by atoms with van der Waals surface area (Å²) in [6, 6.07) is 35.7. The number of carbonyl (C=O) groups is 1. The molecule has 5 rings (SSSR count). The minimum atomic E-state index is -0.720. The van der Waals surface area contributed by atoms with Crippen LogP contribution in [0.1, 0.15) is 18.1 Å². The molecule has 1 N–H and O–H groups in total. The number of benzene rings is 5. The molecule has 0 heterocycles. The third-order valence-electron chi connectivity index (χ3n) is 5.94. The topological polar surface area (TPSA) is 59.9 Å². The first-order valence-electron chi connectivity index (χ1n) is 11.8. The molecule has 178 valence electrons. The Morgan fingerprint density at radius 2 is 1.39 bits per heavy atom. The Kier molecular flexibility index (Phi) is 6.90. The molecular formula is C31H26N2O3. The second-order valence-electron chi connectivity index (χ2n) is 8.47. The highest BCUT2D eigenvalue weighted by Crippen LogP contribution is 2.27. The van der Waals surface area contributed by atoms with Gasteiger partial charge in [0.15, 0.2) is 6.10 Å². The molecular weight excluding hydrogens is 448 g/mol. The average Bonchev–Trinajstić information content (AvgIpc) is 2.92. The zero-order chi connectivity index (χ0) is 24.7. The van der Waals surface area contributed by atoms with E-state index in [2.05, 4.69) is 40.9 Å². The van der Waals surface area contributed by atoms with Gasteiger partial charge in [-0.05, 0) is 64.4 Å². The zero-order valence-electron chi connectivity index (χ0n) is 19.9. The highest BCUT2D eigenvalue weighted by atomic mass is 16.5. The monoisotopic (exact) mass is 474 g/mol. The maximum Gasteiger partial charge on any atom is 0.280 e. The second kappa shape index (κ2) is 10.7. The first-order valence-corrected chi connectivity index (χ1v) is 11.8. The van der Waals surface area contributed by atoms with Gasteiger partial charge in [-0.1, -0.05) is 78.9 Å². The minimum absolute atomic E-state index is 0.333. The van der Waals surface area contributed by atoms with E-state index < -0.39 is 6.10 Å². The van der Waals surface area contributed by atoms with Crippen molar-refractivity contribution in [2.75, 3.05) is 0 Å². The number of hydrazone groups is 1. The fraction of sp³-hybridized carbons (Fsp3) is 0.0968. The predicted molar refractivity (Wildman–Crippen MR) is 144 cm³/mol. The van der Waals surface area contributed by atoms with Crippen LogP contribution >= 0.6 is 0 Å². The summed E-state index contributed by atoms with van der Waals surface area (Å²) in [6.07, 6.45) is 0.983. The highest BCUT2D eigenvalue weighted by molar-refractivity contribution is 6.13. The molecule has 0 saturated carbocycles. The van der Waals surface area contributed by atoms with Gasteiger partial charge in [0.25, 0.3) is 5.91 Å². The quantitative estimate of drug-likeness (QED) is 0.159. The van der Waals surface area contributed by atoms with Crippen molar-refractivity contribution >= 4 is 33.7 Å². The molecule has 1 unspecified atom stereocenters. The number of nitrogens with zero attached hydrogens (tertiary/aromatic N) is 1. The normalized spacial score (nSPS) is 12.0. The molecule has 0 aliphatic heterocycles. The summed E-state index contributed by atoms with van der Waals surface area (Å²) >= 11 is 0. The molecule has 0 aliphatic carbocycles. The van der Waals surface area contributed by atoms with Crippen LogP contribution in [0.2, 0.25) is 0 Å². The van der Waals surface area contributed by atoms with Crippen molar-refractivity contribution in [2.24, 2.45) is 5.10 Å². The van der Waals surface area contributed by atoms with Crippen LogP contribution in [0.4, 0.5) is 0 Å². The third-order valence-corrected chi connectivity index (χ3v) is 5.94. The lowest BCUT2D eigenvalue weighted by atomic mass is 9.97. The lowest BCUT2D eigenvalue weighted by molar-refractivity contribution is -0.127. The summed E-state index contributed by atoms with van der Waals surface area (Å²) in [6.45, 7) is 2.18. The van der Waals surface area contributed by atoms with Crippen LogP contribution in [0, 0.1) is 0 Å². The molecule has 5 nitrogen and oxygen atoms in total. The summed E-state index contributed by atoms with van der Waals surface area (Å²) in [5, 5.41) is 8.65. The Morgan fingerprint density at radius 3 is 2.06 bits per heavy atom. The molecule has 1 atom stereocenters. The van der Waals surface area contributed by atoms with Crippen molar-refractivity contribution in [3.05, 3.63) is 120 Å². The molecule has 0 aliphatic rings. The summed E-state index contributed by atoms with van der Waals surface area (Å²) in [5.74, 6) is 0.976. The SMILES string of the molecule is CC(Oc1ccc(OCc2ccccc2)cc1)C(=O)N/N=C/c1c2ccccc2cc2ccccc12. The summed E-state index contributed by atoms with van der Waals surface area (Å²) in [7, 11) is 0. The van der Waals surface area contributed by atoms with Gasteiger partial charge < -0.3 is 9.47 Å². The van der Waals surface area contributed by atoms with Gasteiger partial charge in [0.05, 0.1) is 6.21 Å². The van der Waals surface area contributed by atoms with E-state index in [1.165, 1.54) is 0 Å². The summed E-state index contributed by atoms with van der Waals surface area (Å²) < 4.78 is 11.6. The molecule has 0 spiro atoms. The van der Waals surface area contributed by atoms with Gasteiger partial charge in [-0.25, -0.2) is 5.43 Å². The van der Waals surface area contributed by atoms with Crippen molar-refractivity contribution in [3.8, 4) is 11.5 Å². The first kappa shape index (κ1) is 23.1. The Bertz CT molecular complexity index is 1460. The van der Waals surface area contributed by atoms with Gasteiger partial charge in [-0.2, -0.15) is 5.10 Å². The van der Waals surface area contributed by atoms with Crippen LogP contribution in [0.5, 0.6) is 11.5 Å². The van der Waals surface area contributed by atoms with Gasteiger partial charge >= 0.3 is 0 Å². The second-order valence-corrected chi connectivity index (χ2v) is 8.47. The maximum atomic E-state index is 12.6. The molecule has 5 aromatic rings. The largest absolute Gasteiger partial charge is 0.489 e. The third kappa shape index (κ3) is 5.36. The van der Waals surface area contributed by atoms with Gasteiger partial charge in [0.1, 0.15) is 18.1 Å². The number of fused-ring (bicyclic) bond motifs is 2. The highest BCUT2D eigenvalue weighted by Gasteiger charge is 2.14. The Morgan fingerprint density at radius 1 is 0.806 bits per heavy atom. The van der Waals surface area contributed by atoms with Crippen LogP contribution in [0.25, 0.3) is 21.5 Å². The Labute approximate surface area is 210 Å². The molecule has 0 aromatic heterocycles. The van der Waals surface area contributed by atoms with Gasteiger partial charge in [-0.15, -0.1) is 0 Å². The van der Waals surface area contributed by atoms with E-state index >= 15 is 0 Å². The number of amides is 1. The number of ether oxygens (including phenoxy) is 2. The maximum absolute atomic E-state index is 12.6. The van der Waals surface area contributed by atoms with Crippen molar-refractivity contribution < 1.29 is 14.3 Å². The molecule has 36 heavy (non-hydrogen) atoms. The summed E-state index contributed by atoms with van der Waals surface area (Å²) in [5.41, 5.74) is 4.67. The van der Waals surface area contributed by atoms with Crippen molar-refractivity contribution in [1.29, 1.82) is 0 Å². The number of carbonyl (C=O) groups excluding carboxylic acids is 1. The molecule has 5 aromatic carbocycles. The standard InChI is InChI=1S/C31H26N2O3/c1-22(36-27-17-15-26(16-18-27)35-21-23-9-3-2-4-10-23)31(34)33-32-20-30-28-13-7-5-11-24(28)19-25-12-6-8-14-29(25)30/h2-20,22H,21H2,1H3,(H,33,34)/b32-20+. The Balaban J connectivity index is 1.21. The zero-order valence-corrected chi connectivity index (χ0v) is 19.9. The fourth-order valence-electron chi connectivity index (χ4n) is 4.05. The van der Waals surface area contributed by atoms with E-state index in [0.29, 0.717) is 12.4 Å². The number of hydrogen-bond donors (Lipinski definition) is 1. The van der Waals surface area contributed by atoms with E-state index in [4.69, 9.17) is 9.47 Å².